The van der Waals surface area contributed by atoms with Crippen LogP contribution in [0.25, 0.3) is 17.0 Å². The first-order valence-electron chi connectivity index (χ1n) is 4.14. The van der Waals surface area contributed by atoms with Crippen LogP contribution in [0.4, 0.5) is 0 Å². The van der Waals surface area contributed by atoms with Crippen LogP contribution in [0.15, 0.2) is 41.3 Å². The first kappa shape index (κ1) is 7.25. The molecule has 3 heterocycles. The smallest absolute Gasteiger partial charge is 0.188 e. The predicted molar refractivity (Wildman–Crippen MR) is 48.5 cm³/mol. The molecule has 0 aliphatic heterocycles. The minimum absolute atomic E-state index is 0.689. The van der Waals surface area contributed by atoms with Crippen LogP contribution in [0.5, 0.6) is 0 Å². The molecule has 0 bridgehead atoms. The molecule has 5 heteroatoms. The van der Waals surface area contributed by atoms with Crippen LogP contribution in [0.1, 0.15) is 0 Å². The molecule has 0 atom stereocenters. The second kappa shape index (κ2) is 2.66. The Labute approximate surface area is 79.0 Å². The van der Waals surface area contributed by atoms with E-state index in [1.54, 1.807) is 23.2 Å². The highest BCUT2D eigenvalue weighted by molar-refractivity contribution is 5.56. The number of furan rings is 1. The van der Waals surface area contributed by atoms with Crippen molar-refractivity contribution in [3.8, 4) is 11.4 Å². The topological polar surface area (TPSA) is 56.2 Å². The molecule has 5 nitrogen and oxygen atoms in total. The average Bonchev–Trinajstić information content (AvgIpc) is 2.85. The van der Waals surface area contributed by atoms with E-state index in [1.807, 2.05) is 18.2 Å². The molecule has 0 N–H and O–H groups in total. The lowest BCUT2D eigenvalue weighted by Crippen LogP contribution is -1.91. The summed E-state index contributed by atoms with van der Waals surface area (Å²) in [6, 6.07) is 5.50. The summed E-state index contributed by atoms with van der Waals surface area (Å²) in [5.41, 5.74) is 1.60. The first-order chi connectivity index (χ1) is 6.95. The van der Waals surface area contributed by atoms with Crippen molar-refractivity contribution >= 4 is 5.65 Å². The molecule has 0 unspecified atom stereocenters. The summed E-state index contributed by atoms with van der Waals surface area (Å²) in [6.45, 7) is 0. The fourth-order valence-corrected chi connectivity index (χ4v) is 1.32. The van der Waals surface area contributed by atoms with Gasteiger partial charge in [0.05, 0.1) is 11.8 Å². The van der Waals surface area contributed by atoms with E-state index in [2.05, 4.69) is 15.3 Å². The van der Waals surface area contributed by atoms with E-state index in [9.17, 15) is 0 Å². The summed E-state index contributed by atoms with van der Waals surface area (Å²) in [6.07, 6.45) is 4.91. The van der Waals surface area contributed by atoms with Gasteiger partial charge < -0.3 is 4.42 Å². The third-order valence-electron chi connectivity index (χ3n) is 1.96. The first-order valence-corrected chi connectivity index (χ1v) is 4.14. The number of nitrogens with zero attached hydrogens (tertiary/aromatic N) is 4. The van der Waals surface area contributed by atoms with Gasteiger partial charge in [-0.2, -0.15) is 9.61 Å². The fraction of sp³-hybridized carbons (Fsp3) is 0. The quantitative estimate of drug-likeness (QED) is 0.576. The number of hydrogen-bond acceptors (Lipinski definition) is 4. The fourth-order valence-electron chi connectivity index (χ4n) is 1.32. The normalized spacial score (nSPS) is 10.9. The Kier molecular flexibility index (Phi) is 1.38. The van der Waals surface area contributed by atoms with Crippen LogP contribution in [0.3, 0.4) is 0 Å². The summed E-state index contributed by atoms with van der Waals surface area (Å²) < 4.78 is 6.65. The molecule has 3 rings (SSSR count). The Bertz CT molecular complexity index is 555. The lowest BCUT2D eigenvalue weighted by atomic mass is 10.3. The summed E-state index contributed by atoms with van der Waals surface area (Å²) in [5.74, 6) is 0.689. The Hall–Kier alpha value is -2.17. The summed E-state index contributed by atoms with van der Waals surface area (Å²) >= 11 is 0. The van der Waals surface area contributed by atoms with Crippen molar-refractivity contribution in [1.82, 2.24) is 19.8 Å². The van der Waals surface area contributed by atoms with Gasteiger partial charge in [-0.05, 0) is 18.2 Å². The van der Waals surface area contributed by atoms with Gasteiger partial charge in [0.15, 0.2) is 11.5 Å². The van der Waals surface area contributed by atoms with Crippen LogP contribution in [0.2, 0.25) is 0 Å². The van der Waals surface area contributed by atoms with E-state index < -0.39 is 0 Å². The second-order valence-electron chi connectivity index (χ2n) is 2.83. The van der Waals surface area contributed by atoms with Crippen LogP contribution >= 0.6 is 0 Å². The monoisotopic (exact) mass is 186 g/mol. The molecule has 0 spiro atoms. The van der Waals surface area contributed by atoms with Gasteiger partial charge in [-0.3, -0.25) is 0 Å². The molecule has 0 radical (unpaired) electrons. The Morgan fingerprint density at radius 2 is 2.21 bits per heavy atom. The van der Waals surface area contributed by atoms with Crippen LogP contribution in [0, 0.1) is 0 Å². The third kappa shape index (κ3) is 0.922. The van der Waals surface area contributed by atoms with Gasteiger partial charge in [-0.25, -0.2) is 0 Å². The highest BCUT2D eigenvalue weighted by Crippen LogP contribution is 2.16. The maximum absolute atomic E-state index is 4.98. The van der Waals surface area contributed by atoms with E-state index in [0.717, 1.165) is 11.2 Å². The molecule has 0 saturated heterocycles. The van der Waals surface area contributed by atoms with Gasteiger partial charge in [0.2, 0.25) is 0 Å². The maximum atomic E-state index is 4.98. The molecule has 3 aromatic rings. The highest BCUT2D eigenvalue weighted by atomic mass is 16.3. The molecule has 0 saturated carbocycles. The molecular formula is C9H6N4O. The van der Waals surface area contributed by atoms with Crippen molar-refractivity contribution in [2.24, 2.45) is 0 Å². The molecular weight excluding hydrogens is 180 g/mol. The van der Waals surface area contributed by atoms with Crippen LogP contribution in [-0.4, -0.2) is 19.8 Å². The minimum atomic E-state index is 0.689. The van der Waals surface area contributed by atoms with Gasteiger partial charge >= 0.3 is 0 Å². The van der Waals surface area contributed by atoms with E-state index in [1.165, 1.54) is 0 Å². The van der Waals surface area contributed by atoms with E-state index >= 15 is 0 Å². The predicted octanol–water partition coefficient (Wildman–Crippen LogP) is 1.38. The summed E-state index contributed by atoms with van der Waals surface area (Å²) in [4.78, 5) is 0. The van der Waals surface area contributed by atoms with Crippen molar-refractivity contribution in [1.29, 1.82) is 0 Å². The maximum Gasteiger partial charge on any atom is 0.188 e. The van der Waals surface area contributed by atoms with Crippen LogP contribution < -0.4 is 0 Å². The zero-order valence-corrected chi connectivity index (χ0v) is 7.16. The van der Waals surface area contributed by atoms with Crippen molar-refractivity contribution in [3.05, 3.63) is 36.9 Å². The third-order valence-corrected chi connectivity index (χ3v) is 1.96. The van der Waals surface area contributed by atoms with Gasteiger partial charge in [0.1, 0.15) is 6.26 Å². The minimum Gasteiger partial charge on any atom is -0.472 e. The van der Waals surface area contributed by atoms with Crippen molar-refractivity contribution in [3.63, 3.8) is 0 Å². The Balaban J connectivity index is 2.33. The summed E-state index contributed by atoms with van der Waals surface area (Å²) in [5, 5.41) is 12.2. The molecule has 68 valence electrons. The zero-order valence-electron chi connectivity index (χ0n) is 7.16. The SMILES string of the molecule is c1cnn2c(-c3ccoc3)nnc2c1. The van der Waals surface area contributed by atoms with E-state index in [4.69, 9.17) is 4.42 Å². The Morgan fingerprint density at radius 1 is 1.21 bits per heavy atom. The summed E-state index contributed by atoms with van der Waals surface area (Å²) in [7, 11) is 0. The molecule has 0 amide bonds. The molecule has 14 heavy (non-hydrogen) atoms. The number of rotatable bonds is 1. The van der Waals surface area contributed by atoms with Gasteiger partial charge in [-0.1, -0.05) is 0 Å². The van der Waals surface area contributed by atoms with Gasteiger partial charge in [0.25, 0.3) is 0 Å². The lowest BCUT2D eigenvalue weighted by molar-refractivity contribution is 0.567. The van der Waals surface area contributed by atoms with E-state index in [0.29, 0.717) is 5.82 Å². The number of hydrogen-bond donors (Lipinski definition) is 0. The second-order valence-corrected chi connectivity index (χ2v) is 2.83. The zero-order chi connectivity index (χ0) is 9.38. The van der Waals surface area contributed by atoms with Crippen molar-refractivity contribution in [2.75, 3.05) is 0 Å². The number of aromatic nitrogens is 4. The van der Waals surface area contributed by atoms with Gasteiger partial charge in [0, 0.05) is 6.20 Å². The molecule has 0 aliphatic carbocycles. The molecule has 3 aromatic heterocycles. The van der Waals surface area contributed by atoms with Crippen molar-refractivity contribution in [2.45, 2.75) is 0 Å². The molecule has 0 fully saturated rings. The highest BCUT2D eigenvalue weighted by Gasteiger charge is 2.08. The number of fused-ring (bicyclic) bond motifs is 1. The average molecular weight is 186 g/mol. The van der Waals surface area contributed by atoms with Crippen molar-refractivity contribution < 1.29 is 4.42 Å². The largest absolute Gasteiger partial charge is 0.472 e. The van der Waals surface area contributed by atoms with Crippen LogP contribution in [-0.2, 0) is 0 Å². The standard InChI is InChI=1S/C9H6N4O/c1-2-8-11-12-9(13(8)10-4-1)7-3-5-14-6-7/h1-6H. The molecule has 0 aliphatic rings. The van der Waals surface area contributed by atoms with E-state index in [-0.39, 0.29) is 0 Å². The molecule has 0 aromatic carbocycles. The van der Waals surface area contributed by atoms with Gasteiger partial charge in [-0.15, -0.1) is 10.2 Å². The Morgan fingerprint density at radius 3 is 3.07 bits per heavy atom. The lowest BCUT2D eigenvalue weighted by Gasteiger charge is -1.92.